The first kappa shape index (κ1) is 10.3. The van der Waals surface area contributed by atoms with Crippen LogP contribution >= 0.6 is 11.3 Å². The Labute approximate surface area is 91.8 Å². The zero-order valence-corrected chi connectivity index (χ0v) is 9.14. The van der Waals surface area contributed by atoms with Gasteiger partial charge in [-0.05, 0) is 24.7 Å². The summed E-state index contributed by atoms with van der Waals surface area (Å²) in [7, 11) is 1.88. The molecule has 0 aliphatic heterocycles. The summed E-state index contributed by atoms with van der Waals surface area (Å²) < 4.78 is 13.0. The number of nitrogens with one attached hydrogen (secondary N) is 1. The van der Waals surface area contributed by atoms with Crippen molar-refractivity contribution in [1.29, 1.82) is 0 Å². The number of aromatic nitrogens is 1. The number of rotatable bonds is 3. The Hall–Kier alpha value is -1.26. The lowest BCUT2D eigenvalue weighted by Gasteiger charge is -1.95. The molecule has 2 aromatic rings. The van der Waals surface area contributed by atoms with Crippen molar-refractivity contribution >= 4 is 11.3 Å². The highest BCUT2D eigenvalue weighted by atomic mass is 32.1. The monoisotopic (exact) mass is 222 g/mol. The summed E-state index contributed by atoms with van der Waals surface area (Å²) in [5, 5.41) is 4.04. The molecule has 78 valence electrons. The van der Waals surface area contributed by atoms with Crippen molar-refractivity contribution in [3.63, 3.8) is 0 Å². The number of halogens is 1. The van der Waals surface area contributed by atoms with Gasteiger partial charge in [0.05, 0.1) is 4.88 Å². The number of nitrogens with zero attached hydrogens (tertiary/aromatic N) is 1. The number of thiazole rings is 1. The molecule has 0 saturated heterocycles. The van der Waals surface area contributed by atoms with Gasteiger partial charge in [-0.3, -0.25) is 0 Å². The highest BCUT2D eigenvalue weighted by Crippen LogP contribution is 2.26. The maximum atomic E-state index is 13.0. The van der Waals surface area contributed by atoms with Crippen LogP contribution in [0.4, 0.5) is 4.39 Å². The van der Waals surface area contributed by atoms with Crippen LogP contribution in [0.5, 0.6) is 0 Å². The van der Waals surface area contributed by atoms with Gasteiger partial charge in [-0.1, -0.05) is 12.1 Å². The van der Waals surface area contributed by atoms with Crippen LogP contribution in [0.25, 0.3) is 10.4 Å². The third kappa shape index (κ3) is 2.40. The SMILES string of the molecule is CNCc1ncc(-c2cccc(F)c2)s1. The topological polar surface area (TPSA) is 24.9 Å². The maximum absolute atomic E-state index is 13.0. The van der Waals surface area contributed by atoms with Crippen molar-refractivity contribution in [2.24, 2.45) is 0 Å². The van der Waals surface area contributed by atoms with Crippen LogP contribution in [0.2, 0.25) is 0 Å². The van der Waals surface area contributed by atoms with Gasteiger partial charge in [-0.15, -0.1) is 11.3 Å². The van der Waals surface area contributed by atoms with E-state index in [4.69, 9.17) is 0 Å². The predicted molar refractivity (Wildman–Crippen MR) is 60.3 cm³/mol. The third-order valence-corrected chi connectivity index (χ3v) is 3.04. The van der Waals surface area contributed by atoms with Crippen LogP contribution in [-0.2, 0) is 6.54 Å². The second kappa shape index (κ2) is 4.51. The summed E-state index contributed by atoms with van der Waals surface area (Å²) in [6.45, 7) is 0.750. The highest BCUT2D eigenvalue weighted by Gasteiger charge is 2.04. The molecule has 1 N–H and O–H groups in total. The van der Waals surface area contributed by atoms with E-state index in [0.29, 0.717) is 0 Å². The van der Waals surface area contributed by atoms with Crippen LogP contribution in [0, 0.1) is 5.82 Å². The van der Waals surface area contributed by atoms with Gasteiger partial charge in [0.1, 0.15) is 10.8 Å². The molecule has 0 bridgehead atoms. The molecule has 15 heavy (non-hydrogen) atoms. The van der Waals surface area contributed by atoms with Gasteiger partial charge < -0.3 is 5.32 Å². The second-order valence-corrected chi connectivity index (χ2v) is 4.27. The summed E-state index contributed by atoms with van der Waals surface area (Å²) >= 11 is 1.58. The standard InChI is InChI=1S/C11H11FN2S/c1-13-7-11-14-6-10(15-11)8-3-2-4-9(12)5-8/h2-6,13H,7H2,1H3. The molecule has 1 aromatic heterocycles. The van der Waals surface area contributed by atoms with E-state index >= 15 is 0 Å². The molecule has 0 spiro atoms. The van der Waals surface area contributed by atoms with E-state index in [0.717, 1.165) is 22.0 Å². The van der Waals surface area contributed by atoms with E-state index in [1.165, 1.54) is 12.1 Å². The van der Waals surface area contributed by atoms with Gasteiger partial charge in [0, 0.05) is 12.7 Å². The highest BCUT2D eigenvalue weighted by molar-refractivity contribution is 7.15. The fourth-order valence-corrected chi connectivity index (χ4v) is 2.24. The second-order valence-electron chi connectivity index (χ2n) is 3.16. The van der Waals surface area contributed by atoms with Crippen LogP contribution in [0.1, 0.15) is 5.01 Å². The van der Waals surface area contributed by atoms with E-state index in [9.17, 15) is 4.39 Å². The lowest BCUT2D eigenvalue weighted by molar-refractivity contribution is 0.628. The minimum atomic E-state index is -0.212. The summed E-state index contributed by atoms with van der Waals surface area (Å²) in [5.41, 5.74) is 0.884. The zero-order chi connectivity index (χ0) is 10.7. The molecule has 0 radical (unpaired) electrons. The van der Waals surface area contributed by atoms with Crippen LogP contribution < -0.4 is 5.32 Å². The average molecular weight is 222 g/mol. The first-order valence-electron chi connectivity index (χ1n) is 4.65. The van der Waals surface area contributed by atoms with Gasteiger partial charge in [-0.25, -0.2) is 9.37 Å². The van der Waals surface area contributed by atoms with E-state index < -0.39 is 0 Å². The van der Waals surface area contributed by atoms with E-state index in [1.807, 2.05) is 13.1 Å². The molecule has 0 aliphatic rings. The number of benzene rings is 1. The van der Waals surface area contributed by atoms with Crippen molar-refractivity contribution < 1.29 is 4.39 Å². The molecule has 0 unspecified atom stereocenters. The van der Waals surface area contributed by atoms with Crippen LogP contribution in [0.15, 0.2) is 30.5 Å². The van der Waals surface area contributed by atoms with E-state index in [2.05, 4.69) is 10.3 Å². The molecule has 0 atom stereocenters. The van der Waals surface area contributed by atoms with Crippen molar-refractivity contribution in [2.45, 2.75) is 6.54 Å². The quantitative estimate of drug-likeness (QED) is 0.863. The average Bonchev–Trinajstić information content (AvgIpc) is 2.67. The molecule has 0 fully saturated rings. The first-order valence-corrected chi connectivity index (χ1v) is 5.46. The zero-order valence-electron chi connectivity index (χ0n) is 8.33. The summed E-state index contributed by atoms with van der Waals surface area (Å²) in [4.78, 5) is 5.25. The van der Waals surface area contributed by atoms with Crippen LogP contribution in [0.3, 0.4) is 0 Å². The van der Waals surface area contributed by atoms with E-state index in [-0.39, 0.29) is 5.82 Å². The number of hydrogen-bond donors (Lipinski definition) is 1. The molecule has 2 nitrogen and oxygen atoms in total. The van der Waals surface area contributed by atoms with E-state index in [1.54, 1.807) is 23.6 Å². The summed E-state index contributed by atoms with van der Waals surface area (Å²) in [5.74, 6) is -0.212. The molecular weight excluding hydrogens is 211 g/mol. The Bertz CT molecular complexity index is 453. The first-order chi connectivity index (χ1) is 7.29. The molecule has 0 amide bonds. The smallest absolute Gasteiger partial charge is 0.123 e. The Morgan fingerprint density at radius 2 is 2.33 bits per heavy atom. The van der Waals surface area contributed by atoms with Gasteiger partial charge in [0.25, 0.3) is 0 Å². The maximum Gasteiger partial charge on any atom is 0.123 e. The molecule has 4 heteroatoms. The third-order valence-electron chi connectivity index (χ3n) is 1.99. The largest absolute Gasteiger partial charge is 0.314 e. The van der Waals surface area contributed by atoms with Crippen molar-refractivity contribution in [1.82, 2.24) is 10.3 Å². The number of hydrogen-bond acceptors (Lipinski definition) is 3. The molecular formula is C11H11FN2S. The van der Waals surface area contributed by atoms with Crippen molar-refractivity contribution in [3.8, 4) is 10.4 Å². The molecule has 0 saturated carbocycles. The van der Waals surface area contributed by atoms with Gasteiger partial charge >= 0.3 is 0 Å². The summed E-state index contributed by atoms with van der Waals surface area (Å²) in [6, 6.07) is 6.57. The molecule has 1 aromatic carbocycles. The molecule has 1 heterocycles. The fraction of sp³-hybridized carbons (Fsp3) is 0.182. The fourth-order valence-electron chi connectivity index (χ4n) is 1.32. The summed E-state index contributed by atoms with van der Waals surface area (Å²) in [6.07, 6.45) is 1.78. The molecule has 0 aliphatic carbocycles. The Balaban J connectivity index is 2.29. The van der Waals surface area contributed by atoms with Crippen molar-refractivity contribution in [3.05, 3.63) is 41.3 Å². The Kier molecular flexibility index (Phi) is 3.08. The minimum absolute atomic E-state index is 0.212. The lowest BCUT2D eigenvalue weighted by atomic mass is 10.2. The van der Waals surface area contributed by atoms with Crippen molar-refractivity contribution in [2.75, 3.05) is 7.05 Å². The molecule has 2 rings (SSSR count). The van der Waals surface area contributed by atoms with Gasteiger partial charge in [0.2, 0.25) is 0 Å². The minimum Gasteiger partial charge on any atom is -0.314 e. The normalized spacial score (nSPS) is 10.5. The van der Waals surface area contributed by atoms with Gasteiger partial charge in [-0.2, -0.15) is 0 Å². The van der Waals surface area contributed by atoms with Crippen LogP contribution in [-0.4, -0.2) is 12.0 Å². The van der Waals surface area contributed by atoms with Gasteiger partial charge in [0.15, 0.2) is 0 Å². The Morgan fingerprint density at radius 3 is 3.07 bits per heavy atom. The Morgan fingerprint density at radius 1 is 1.47 bits per heavy atom. The predicted octanol–water partition coefficient (Wildman–Crippen LogP) is 2.67. The lowest BCUT2D eigenvalue weighted by Crippen LogP contribution is -2.03.